The highest BCUT2D eigenvalue weighted by atomic mass is 32.1. The predicted molar refractivity (Wildman–Crippen MR) is 164 cm³/mol. The average molecular weight is 665 g/mol. The number of amides is 7. The van der Waals surface area contributed by atoms with E-state index in [0.717, 1.165) is 4.90 Å². The minimum absolute atomic E-state index is 0.00305. The summed E-state index contributed by atoms with van der Waals surface area (Å²) in [6.07, 6.45) is 0.580. The van der Waals surface area contributed by atoms with Crippen LogP contribution < -0.4 is 26.6 Å². The summed E-state index contributed by atoms with van der Waals surface area (Å²) in [7, 11) is 0. The molecule has 1 unspecified atom stereocenters. The van der Waals surface area contributed by atoms with Crippen LogP contribution in [-0.4, -0.2) is 144 Å². The van der Waals surface area contributed by atoms with Crippen LogP contribution in [0.15, 0.2) is 0 Å². The zero-order chi connectivity index (χ0) is 33.7. The van der Waals surface area contributed by atoms with Crippen molar-refractivity contribution >= 4 is 54.5 Å². The number of nitrogens with zero attached hydrogens (tertiary/aromatic N) is 1. The van der Waals surface area contributed by atoms with Gasteiger partial charge in [0.2, 0.25) is 41.9 Å². The minimum Gasteiger partial charge on any atom is -0.379 e. The first-order valence-electron chi connectivity index (χ1n) is 14.7. The molecule has 0 aliphatic rings. The van der Waals surface area contributed by atoms with E-state index < -0.39 is 17.7 Å². The molecule has 258 valence electrons. The van der Waals surface area contributed by atoms with Crippen LogP contribution in [0.2, 0.25) is 0 Å². The molecule has 0 aliphatic heterocycles. The standard InChI is InChI=1S/C27H48N6O11S/c1-3-28-24(37)17-31-26(39)19-32-25(38)18-30-23(36)5-8-41-10-12-43-14-15-44-13-11-42-9-6-29-22(35)4-7-33(20-34)27(40)16-21(2)45/h20-21,45H,3-19H2,1-2H3,(H,28,37)(H,29,35)(H,30,36)(H,31,39)(H,32,38). The maximum atomic E-state index is 11.9. The molecule has 45 heavy (non-hydrogen) atoms. The first-order chi connectivity index (χ1) is 21.6. The van der Waals surface area contributed by atoms with Crippen LogP contribution in [-0.2, 0) is 52.5 Å². The van der Waals surface area contributed by atoms with E-state index in [1.54, 1.807) is 13.8 Å². The summed E-state index contributed by atoms with van der Waals surface area (Å²) in [4.78, 5) is 82.0. The van der Waals surface area contributed by atoms with Crippen molar-refractivity contribution in [3.8, 4) is 0 Å². The van der Waals surface area contributed by atoms with Crippen molar-refractivity contribution in [1.29, 1.82) is 0 Å². The Hall–Kier alpha value is -3.32. The molecule has 17 nitrogen and oxygen atoms in total. The lowest BCUT2D eigenvalue weighted by molar-refractivity contribution is -0.138. The molecule has 0 fully saturated rings. The highest BCUT2D eigenvalue weighted by Crippen LogP contribution is 2.03. The number of likely N-dealkylation sites (N-methyl/N-ethyl adjacent to an activating group) is 1. The third kappa shape index (κ3) is 26.8. The summed E-state index contributed by atoms with van der Waals surface area (Å²) in [6.45, 7) is 5.78. The van der Waals surface area contributed by atoms with Crippen LogP contribution in [0.5, 0.6) is 0 Å². The van der Waals surface area contributed by atoms with Crippen molar-refractivity contribution in [2.75, 3.05) is 92.1 Å². The molecule has 0 aromatic rings. The molecule has 5 N–H and O–H groups in total. The Morgan fingerprint density at radius 1 is 0.644 bits per heavy atom. The average Bonchev–Trinajstić information content (AvgIpc) is 2.99. The molecule has 0 saturated carbocycles. The smallest absolute Gasteiger partial charge is 0.239 e. The Morgan fingerprint density at radius 3 is 1.58 bits per heavy atom. The first-order valence-corrected chi connectivity index (χ1v) is 15.2. The number of hydrogen-bond acceptors (Lipinski definition) is 12. The highest BCUT2D eigenvalue weighted by Gasteiger charge is 2.15. The Labute approximate surface area is 268 Å². The van der Waals surface area contributed by atoms with Gasteiger partial charge in [-0.25, -0.2) is 0 Å². The Balaban J connectivity index is 3.54. The molecular formula is C27H48N6O11S. The quantitative estimate of drug-likeness (QED) is 0.0284. The number of imide groups is 1. The van der Waals surface area contributed by atoms with Gasteiger partial charge >= 0.3 is 0 Å². The summed E-state index contributed by atoms with van der Waals surface area (Å²) < 4.78 is 21.4. The van der Waals surface area contributed by atoms with Gasteiger partial charge in [0.15, 0.2) is 0 Å². The molecule has 0 bridgehead atoms. The molecule has 0 heterocycles. The number of hydrogen-bond donors (Lipinski definition) is 6. The summed E-state index contributed by atoms with van der Waals surface area (Å²) in [5, 5.41) is 12.1. The molecule has 0 spiro atoms. The van der Waals surface area contributed by atoms with Crippen molar-refractivity contribution in [3.05, 3.63) is 0 Å². The van der Waals surface area contributed by atoms with Crippen molar-refractivity contribution < 1.29 is 52.5 Å². The highest BCUT2D eigenvalue weighted by molar-refractivity contribution is 7.80. The lowest BCUT2D eigenvalue weighted by Crippen LogP contribution is -2.44. The van der Waals surface area contributed by atoms with Gasteiger partial charge in [-0.3, -0.25) is 38.5 Å². The van der Waals surface area contributed by atoms with Gasteiger partial charge in [0, 0.05) is 44.1 Å². The van der Waals surface area contributed by atoms with E-state index in [2.05, 4.69) is 39.2 Å². The van der Waals surface area contributed by atoms with E-state index in [4.69, 9.17) is 18.9 Å². The van der Waals surface area contributed by atoms with E-state index in [-0.39, 0.29) is 94.8 Å². The monoisotopic (exact) mass is 664 g/mol. The summed E-state index contributed by atoms with van der Waals surface area (Å²) in [5.41, 5.74) is 0. The zero-order valence-corrected chi connectivity index (χ0v) is 27.0. The molecular weight excluding hydrogens is 616 g/mol. The number of thiol groups is 1. The number of carbonyl (C=O) groups is 7. The Bertz CT molecular complexity index is 910. The number of ether oxygens (including phenoxy) is 4. The van der Waals surface area contributed by atoms with Crippen molar-refractivity contribution in [2.45, 2.75) is 38.4 Å². The van der Waals surface area contributed by atoms with E-state index in [9.17, 15) is 33.6 Å². The molecule has 7 amide bonds. The van der Waals surface area contributed by atoms with Gasteiger partial charge in [-0.2, -0.15) is 12.6 Å². The summed E-state index contributed by atoms with van der Waals surface area (Å²) in [5.74, 6) is -2.47. The normalized spacial score (nSPS) is 11.2. The summed E-state index contributed by atoms with van der Waals surface area (Å²) in [6, 6.07) is 0. The Kier molecular flexibility index (Phi) is 26.1. The molecule has 0 aromatic heterocycles. The fourth-order valence-electron chi connectivity index (χ4n) is 3.12. The van der Waals surface area contributed by atoms with Gasteiger partial charge in [-0.1, -0.05) is 6.92 Å². The molecule has 0 rings (SSSR count). The lowest BCUT2D eigenvalue weighted by atomic mass is 10.3. The third-order valence-corrected chi connectivity index (χ3v) is 5.55. The molecule has 0 radical (unpaired) electrons. The van der Waals surface area contributed by atoms with E-state index in [0.29, 0.717) is 46.0 Å². The van der Waals surface area contributed by atoms with Gasteiger partial charge in [-0.05, 0) is 6.92 Å². The topological polar surface area (TPSA) is 220 Å². The molecule has 0 saturated heterocycles. The second-order valence-electron chi connectivity index (χ2n) is 9.33. The van der Waals surface area contributed by atoms with Crippen LogP contribution in [0.4, 0.5) is 0 Å². The fourth-order valence-corrected chi connectivity index (χ4v) is 3.27. The zero-order valence-electron chi connectivity index (χ0n) is 26.1. The molecule has 0 aliphatic carbocycles. The van der Waals surface area contributed by atoms with Gasteiger partial charge in [0.05, 0.1) is 72.5 Å². The van der Waals surface area contributed by atoms with Crippen LogP contribution in [0.25, 0.3) is 0 Å². The van der Waals surface area contributed by atoms with Gasteiger partial charge in [0.25, 0.3) is 0 Å². The van der Waals surface area contributed by atoms with E-state index in [1.165, 1.54) is 0 Å². The number of rotatable bonds is 28. The van der Waals surface area contributed by atoms with Gasteiger partial charge < -0.3 is 45.5 Å². The van der Waals surface area contributed by atoms with Crippen LogP contribution in [0.3, 0.4) is 0 Å². The van der Waals surface area contributed by atoms with Crippen LogP contribution in [0.1, 0.15) is 33.1 Å². The van der Waals surface area contributed by atoms with Crippen molar-refractivity contribution in [1.82, 2.24) is 31.5 Å². The second kappa shape index (κ2) is 28.2. The predicted octanol–water partition coefficient (Wildman–Crippen LogP) is -2.87. The SMILES string of the molecule is CCNC(=O)CNC(=O)CNC(=O)CNC(=O)CCOCCOCCOCCOCCNC(=O)CCN(C=O)C(=O)CC(C)S. The second-order valence-corrected chi connectivity index (χ2v) is 10.2. The van der Waals surface area contributed by atoms with Gasteiger partial charge in [-0.15, -0.1) is 0 Å². The maximum absolute atomic E-state index is 11.9. The molecule has 0 aromatic carbocycles. The van der Waals surface area contributed by atoms with Crippen LogP contribution in [0, 0.1) is 0 Å². The van der Waals surface area contributed by atoms with Crippen LogP contribution >= 0.6 is 12.6 Å². The first kappa shape index (κ1) is 41.7. The lowest BCUT2D eigenvalue weighted by Gasteiger charge is -2.16. The largest absolute Gasteiger partial charge is 0.379 e. The fraction of sp³-hybridized carbons (Fsp3) is 0.741. The molecule has 18 heteroatoms. The Morgan fingerprint density at radius 2 is 1.09 bits per heavy atom. The number of nitrogens with one attached hydrogen (secondary N) is 5. The molecule has 1 atom stereocenters. The van der Waals surface area contributed by atoms with E-state index >= 15 is 0 Å². The van der Waals surface area contributed by atoms with E-state index in [1.807, 2.05) is 0 Å². The minimum atomic E-state index is -0.547. The number of carbonyl (C=O) groups excluding carboxylic acids is 7. The van der Waals surface area contributed by atoms with Gasteiger partial charge in [0.1, 0.15) is 0 Å². The van der Waals surface area contributed by atoms with Crippen molar-refractivity contribution in [3.63, 3.8) is 0 Å². The third-order valence-electron chi connectivity index (χ3n) is 5.37. The van der Waals surface area contributed by atoms with Crippen molar-refractivity contribution in [2.24, 2.45) is 0 Å². The summed E-state index contributed by atoms with van der Waals surface area (Å²) >= 11 is 4.12. The maximum Gasteiger partial charge on any atom is 0.239 e.